The van der Waals surface area contributed by atoms with Gasteiger partial charge in [-0.25, -0.2) is 4.39 Å². The summed E-state index contributed by atoms with van der Waals surface area (Å²) in [6.07, 6.45) is 3.68. The van der Waals surface area contributed by atoms with E-state index >= 15 is 0 Å². The summed E-state index contributed by atoms with van der Waals surface area (Å²) in [4.78, 5) is 3.81. The normalized spacial score (nSPS) is 16.8. The second-order valence-corrected chi connectivity index (χ2v) is 4.34. The monoisotopic (exact) mass is 226 g/mol. The Labute approximate surface area is 95.7 Å². The van der Waals surface area contributed by atoms with Crippen LogP contribution in [0, 0.1) is 5.82 Å². The average Bonchev–Trinajstić information content (AvgIpc) is 2.28. The van der Waals surface area contributed by atoms with Crippen LogP contribution in [0.25, 0.3) is 0 Å². The molecule has 1 heterocycles. The maximum Gasteiger partial charge on any atom is 0.141 e. The van der Waals surface area contributed by atoms with E-state index in [1.165, 1.54) is 6.07 Å². The first kappa shape index (κ1) is 13.1. The Morgan fingerprint density at radius 3 is 2.75 bits per heavy atom. The molecule has 0 aliphatic carbocycles. The van der Waals surface area contributed by atoms with Crippen LogP contribution < -0.4 is 5.32 Å². The number of nitrogens with one attached hydrogen (secondary N) is 1. The van der Waals surface area contributed by atoms with Gasteiger partial charge in [0.1, 0.15) is 5.82 Å². The molecule has 0 aliphatic heterocycles. The number of aliphatic hydroxyl groups is 1. The van der Waals surface area contributed by atoms with Gasteiger partial charge in [-0.1, -0.05) is 6.92 Å². The maximum absolute atomic E-state index is 13.1. The highest BCUT2D eigenvalue weighted by Gasteiger charge is 2.27. The summed E-state index contributed by atoms with van der Waals surface area (Å²) >= 11 is 0. The van der Waals surface area contributed by atoms with E-state index in [1.54, 1.807) is 6.20 Å². The van der Waals surface area contributed by atoms with Crippen LogP contribution in [0.3, 0.4) is 0 Å². The predicted octanol–water partition coefficient (Wildman–Crippen LogP) is 1.82. The van der Waals surface area contributed by atoms with E-state index in [9.17, 15) is 9.50 Å². The highest BCUT2D eigenvalue weighted by atomic mass is 19.1. The number of hydrogen-bond donors (Lipinski definition) is 2. The van der Waals surface area contributed by atoms with Gasteiger partial charge in [0.15, 0.2) is 0 Å². The summed E-state index contributed by atoms with van der Waals surface area (Å²) in [5.41, 5.74) is 0.0140. The van der Waals surface area contributed by atoms with E-state index in [0.717, 1.165) is 12.6 Å². The number of nitrogens with zero attached hydrogens (tertiary/aromatic N) is 1. The van der Waals surface area contributed by atoms with E-state index in [4.69, 9.17) is 0 Å². The maximum atomic E-state index is 13.1. The van der Waals surface area contributed by atoms with Crippen LogP contribution in [-0.2, 0) is 5.54 Å². The second-order valence-electron chi connectivity index (χ2n) is 4.34. The lowest BCUT2D eigenvalue weighted by Crippen LogP contribution is -2.47. The fraction of sp³-hybridized carbons (Fsp3) is 0.583. The first-order valence-electron chi connectivity index (χ1n) is 5.51. The number of aromatic nitrogens is 1. The van der Waals surface area contributed by atoms with Gasteiger partial charge < -0.3 is 10.4 Å². The van der Waals surface area contributed by atoms with Crippen molar-refractivity contribution in [3.05, 3.63) is 29.8 Å². The number of rotatable bonds is 5. The quantitative estimate of drug-likeness (QED) is 0.805. The molecule has 0 radical (unpaired) electrons. The molecule has 0 spiro atoms. The summed E-state index contributed by atoms with van der Waals surface area (Å²) in [7, 11) is 0. The smallest absolute Gasteiger partial charge is 0.141 e. The molecule has 0 amide bonds. The summed E-state index contributed by atoms with van der Waals surface area (Å²) in [6, 6.07) is 1.65. The van der Waals surface area contributed by atoms with Crippen molar-refractivity contribution in [2.24, 2.45) is 0 Å². The molecule has 2 unspecified atom stereocenters. The van der Waals surface area contributed by atoms with E-state index in [2.05, 4.69) is 17.2 Å². The molecule has 0 aliphatic rings. The van der Waals surface area contributed by atoms with Crippen LogP contribution in [0.5, 0.6) is 0 Å². The van der Waals surface area contributed by atoms with Crippen molar-refractivity contribution in [2.75, 3.05) is 6.61 Å². The van der Waals surface area contributed by atoms with Crippen LogP contribution >= 0.6 is 0 Å². The first-order valence-corrected chi connectivity index (χ1v) is 5.51. The van der Waals surface area contributed by atoms with Gasteiger partial charge in [-0.15, -0.1) is 0 Å². The van der Waals surface area contributed by atoms with Crippen molar-refractivity contribution >= 4 is 0 Å². The lowest BCUT2D eigenvalue weighted by Gasteiger charge is -2.32. The van der Waals surface area contributed by atoms with Crippen molar-refractivity contribution in [1.82, 2.24) is 10.3 Å². The molecule has 0 fully saturated rings. The number of hydrogen-bond acceptors (Lipinski definition) is 3. The molecular weight excluding hydrogens is 207 g/mol. The Morgan fingerprint density at radius 1 is 1.56 bits per heavy atom. The SMILES string of the molecule is CCC(C)NC(C)(CO)c1cncc(F)c1. The molecular formula is C12H19FN2O. The topological polar surface area (TPSA) is 45.1 Å². The zero-order valence-corrected chi connectivity index (χ0v) is 10.00. The van der Waals surface area contributed by atoms with E-state index in [1.807, 2.05) is 13.8 Å². The highest BCUT2D eigenvalue weighted by Crippen LogP contribution is 2.21. The molecule has 2 N–H and O–H groups in total. The molecule has 3 nitrogen and oxygen atoms in total. The molecule has 4 heteroatoms. The number of pyridine rings is 1. The summed E-state index contributed by atoms with van der Waals surface area (Å²) in [5, 5.41) is 12.7. The van der Waals surface area contributed by atoms with E-state index < -0.39 is 5.54 Å². The molecule has 1 rings (SSSR count). The summed E-state index contributed by atoms with van der Waals surface area (Å²) < 4.78 is 13.1. The Kier molecular flexibility index (Phi) is 4.38. The highest BCUT2D eigenvalue weighted by molar-refractivity contribution is 5.20. The largest absolute Gasteiger partial charge is 0.394 e. The predicted molar refractivity (Wildman–Crippen MR) is 61.5 cm³/mol. The van der Waals surface area contributed by atoms with Gasteiger partial charge in [-0.2, -0.15) is 0 Å². The Hall–Kier alpha value is -1.00. The third-order valence-electron chi connectivity index (χ3n) is 2.84. The Bertz CT molecular complexity index is 346. The lowest BCUT2D eigenvalue weighted by molar-refractivity contribution is 0.162. The molecule has 0 saturated heterocycles. The molecule has 0 bridgehead atoms. The summed E-state index contributed by atoms with van der Waals surface area (Å²) in [5.74, 6) is -0.386. The van der Waals surface area contributed by atoms with Gasteiger partial charge >= 0.3 is 0 Å². The number of aliphatic hydroxyl groups excluding tert-OH is 1. The minimum Gasteiger partial charge on any atom is -0.394 e. The van der Waals surface area contributed by atoms with Crippen LogP contribution in [0.15, 0.2) is 18.5 Å². The van der Waals surface area contributed by atoms with Gasteiger partial charge in [0.2, 0.25) is 0 Å². The molecule has 2 atom stereocenters. The van der Waals surface area contributed by atoms with Crippen LogP contribution in [0.2, 0.25) is 0 Å². The zero-order chi connectivity index (χ0) is 12.2. The second kappa shape index (κ2) is 5.37. The van der Waals surface area contributed by atoms with Gasteiger partial charge in [-0.3, -0.25) is 4.98 Å². The first-order chi connectivity index (χ1) is 7.51. The Morgan fingerprint density at radius 2 is 2.25 bits per heavy atom. The van der Waals surface area contributed by atoms with Crippen LogP contribution in [0.4, 0.5) is 4.39 Å². The van der Waals surface area contributed by atoms with Crippen molar-refractivity contribution in [3.63, 3.8) is 0 Å². The molecule has 16 heavy (non-hydrogen) atoms. The zero-order valence-electron chi connectivity index (χ0n) is 10.00. The van der Waals surface area contributed by atoms with Gasteiger partial charge in [0, 0.05) is 12.2 Å². The lowest BCUT2D eigenvalue weighted by atomic mass is 9.93. The van der Waals surface area contributed by atoms with Crippen molar-refractivity contribution in [1.29, 1.82) is 0 Å². The van der Waals surface area contributed by atoms with Gasteiger partial charge in [0.05, 0.1) is 18.3 Å². The molecule has 1 aromatic rings. The van der Waals surface area contributed by atoms with Gasteiger partial charge in [0.25, 0.3) is 0 Å². The minimum absolute atomic E-state index is 0.0948. The molecule has 0 aromatic carbocycles. The average molecular weight is 226 g/mol. The molecule has 1 aromatic heterocycles. The fourth-order valence-electron chi connectivity index (χ4n) is 1.58. The molecule has 90 valence electrons. The number of halogens is 1. The third-order valence-corrected chi connectivity index (χ3v) is 2.84. The van der Waals surface area contributed by atoms with Crippen molar-refractivity contribution < 1.29 is 9.50 Å². The van der Waals surface area contributed by atoms with Crippen LogP contribution in [-0.4, -0.2) is 22.7 Å². The van der Waals surface area contributed by atoms with Gasteiger partial charge in [-0.05, 0) is 31.9 Å². The standard InChI is InChI=1S/C12H19FN2O/c1-4-9(2)15-12(3,8-16)10-5-11(13)7-14-6-10/h5-7,9,15-16H,4,8H2,1-3H3. The van der Waals surface area contributed by atoms with Crippen molar-refractivity contribution in [3.8, 4) is 0 Å². The fourth-order valence-corrected chi connectivity index (χ4v) is 1.58. The van der Waals surface area contributed by atoms with Crippen LogP contribution in [0.1, 0.15) is 32.8 Å². The summed E-state index contributed by atoms with van der Waals surface area (Å²) in [6.45, 7) is 5.83. The Balaban J connectivity index is 2.95. The van der Waals surface area contributed by atoms with E-state index in [0.29, 0.717) is 5.56 Å². The third kappa shape index (κ3) is 3.00. The molecule has 0 saturated carbocycles. The van der Waals surface area contributed by atoms with E-state index in [-0.39, 0.29) is 18.5 Å². The minimum atomic E-state index is -0.648. The van der Waals surface area contributed by atoms with Crippen molar-refractivity contribution in [2.45, 2.75) is 38.8 Å².